The Morgan fingerprint density at radius 2 is 2.08 bits per heavy atom. The molecule has 0 heterocycles. The normalized spacial score (nSPS) is 11.3. The third-order valence-electron chi connectivity index (χ3n) is 4.26. The van der Waals surface area contributed by atoms with E-state index in [0.717, 1.165) is 12.0 Å². The first-order chi connectivity index (χ1) is 12.3. The third kappa shape index (κ3) is 5.67. The fourth-order valence-electron chi connectivity index (χ4n) is 2.47. The zero-order valence-electron chi connectivity index (χ0n) is 16.1. The third-order valence-corrected chi connectivity index (χ3v) is 4.54. The van der Waals surface area contributed by atoms with Gasteiger partial charge in [-0.2, -0.15) is 5.26 Å². The van der Waals surface area contributed by atoms with Gasteiger partial charge in [0.15, 0.2) is 11.5 Å². The van der Waals surface area contributed by atoms with E-state index in [9.17, 15) is 4.79 Å². The number of ether oxygens (including phenoxy) is 2. The van der Waals surface area contributed by atoms with E-state index in [0.29, 0.717) is 36.1 Å². The van der Waals surface area contributed by atoms with Gasteiger partial charge in [0, 0.05) is 18.2 Å². The number of benzene rings is 1. The summed E-state index contributed by atoms with van der Waals surface area (Å²) in [6.07, 6.45) is 4.29. The summed E-state index contributed by atoms with van der Waals surface area (Å²) in [5, 5.41) is 9.28. The molecule has 0 radical (unpaired) electrons. The van der Waals surface area contributed by atoms with Gasteiger partial charge in [0.1, 0.15) is 0 Å². The highest BCUT2D eigenvalue weighted by atomic mass is 35.5. The number of carbonyl (C=O) groups excluding carboxylic acids is 1. The van der Waals surface area contributed by atoms with Crippen molar-refractivity contribution in [3.63, 3.8) is 0 Å². The molecule has 26 heavy (non-hydrogen) atoms. The molecular weight excluding hydrogens is 352 g/mol. The maximum atomic E-state index is 12.7. The summed E-state index contributed by atoms with van der Waals surface area (Å²) in [7, 11) is 1.53. The van der Waals surface area contributed by atoms with E-state index >= 15 is 0 Å². The van der Waals surface area contributed by atoms with Crippen molar-refractivity contribution in [1.29, 1.82) is 5.26 Å². The van der Waals surface area contributed by atoms with E-state index in [4.69, 9.17) is 26.3 Å². The highest BCUT2D eigenvalue weighted by molar-refractivity contribution is 6.32. The lowest BCUT2D eigenvalue weighted by Gasteiger charge is -2.37. The van der Waals surface area contributed by atoms with Crippen molar-refractivity contribution in [2.75, 3.05) is 20.3 Å². The lowest BCUT2D eigenvalue weighted by molar-refractivity contribution is -0.131. The average molecular weight is 379 g/mol. The van der Waals surface area contributed by atoms with E-state index in [2.05, 4.69) is 6.07 Å². The molecule has 0 aliphatic heterocycles. The van der Waals surface area contributed by atoms with Crippen LogP contribution in [0.1, 0.15) is 46.1 Å². The Morgan fingerprint density at radius 1 is 1.38 bits per heavy atom. The molecule has 1 rings (SSSR count). The number of hydrogen-bond acceptors (Lipinski definition) is 4. The second-order valence-electron chi connectivity index (χ2n) is 6.36. The van der Waals surface area contributed by atoms with Crippen molar-refractivity contribution in [2.45, 2.75) is 46.1 Å². The molecule has 0 N–H and O–H groups in total. The number of nitrogens with zero attached hydrogens (tertiary/aromatic N) is 2. The number of halogens is 1. The van der Waals surface area contributed by atoms with Crippen molar-refractivity contribution >= 4 is 23.6 Å². The Morgan fingerprint density at radius 3 is 2.62 bits per heavy atom. The van der Waals surface area contributed by atoms with Crippen LogP contribution in [-0.4, -0.2) is 36.6 Å². The summed E-state index contributed by atoms with van der Waals surface area (Å²) in [6, 6.07) is 5.60. The van der Waals surface area contributed by atoms with Gasteiger partial charge in [-0.3, -0.25) is 4.79 Å². The predicted octanol–water partition coefficient (Wildman–Crippen LogP) is 4.69. The SMILES string of the molecule is CCOc1cc(/C=C/C(=O)N(CCC#N)C(C)(C)CC)cc(Cl)c1OC. The van der Waals surface area contributed by atoms with Crippen molar-refractivity contribution in [3.05, 3.63) is 28.8 Å². The molecule has 0 saturated carbocycles. The predicted molar refractivity (Wildman–Crippen MR) is 105 cm³/mol. The van der Waals surface area contributed by atoms with E-state index in [1.165, 1.54) is 13.2 Å². The van der Waals surface area contributed by atoms with Crippen LogP contribution >= 0.6 is 11.6 Å². The maximum Gasteiger partial charge on any atom is 0.247 e. The fraction of sp³-hybridized carbons (Fsp3) is 0.500. The molecule has 0 unspecified atom stereocenters. The summed E-state index contributed by atoms with van der Waals surface area (Å²) >= 11 is 6.24. The summed E-state index contributed by atoms with van der Waals surface area (Å²) < 4.78 is 10.8. The second kappa shape index (κ2) is 10.1. The molecule has 6 heteroatoms. The molecule has 142 valence electrons. The quantitative estimate of drug-likeness (QED) is 0.584. The number of rotatable bonds is 9. The number of methoxy groups -OCH3 is 1. The molecule has 1 aromatic carbocycles. The van der Waals surface area contributed by atoms with Crippen LogP contribution in [0.2, 0.25) is 5.02 Å². The van der Waals surface area contributed by atoms with Crippen molar-refractivity contribution in [3.8, 4) is 17.6 Å². The van der Waals surface area contributed by atoms with Crippen molar-refractivity contribution in [1.82, 2.24) is 4.90 Å². The first-order valence-electron chi connectivity index (χ1n) is 8.67. The minimum Gasteiger partial charge on any atom is -0.491 e. The Labute approximate surface area is 161 Å². The zero-order chi connectivity index (χ0) is 19.7. The molecule has 0 atom stereocenters. The molecule has 0 aromatic heterocycles. The number of amides is 1. The van der Waals surface area contributed by atoms with Gasteiger partial charge in [0.25, 0.3) is 0 Å². The topological polar surface area (TPSA) is 62.6 Å². The first-order valence-corrected chi connectivity index (χ1v) is 9.05. The van der Waals surface area contributed by atoms with E-state index in [-0.39, 0.29) is 11.4 Å². The molecule has 0 aliphatic carbocycles. The van der Waals surface area contributed by atoms with Crippen LogP contribution in [0.25, 0.3) is 6.08 Å². The Kier molecular flexibility index (Phi) is 8.47. The van der Waals surface area contributed by atoms with Crippen LogP contribution in [0.15, 0.2) is 18.2 Å². The van der Waals surface area contributed by atoms with Crippen LogP contribution in [0, 0.1) is 11.3 Å². The first kappa shape index (κ1) is 21.9. The van der Waals surface area contributed by atoms with Crippen LogP contribution in [0.5, 0.6) is 11.5 Å². The monoisotopic (exact) mass is 378 g/mol. The standard InChI is InChI=1S/C20H27ClN2O3/c1-6-20(3,4)23(12-8-11-22)18(24)10-9-15-13-16(21)19(25-5)17(14-15)26-7-2/h9-10,13-14H,6-8,12H2,1-5H3/b10-9+. The van der Waals surface area contributed by atoms with Gasteiger partial charge in [-0.25, -0.2) is 0 Å². The van der Waals surface area contributed by atoms with Crippen molar-refractivity contribution in [2.24, 2.45) is 0 Å². The van der Waals surface area contributed by atoms with Crippen molar-refractivity contribution < 1.29 is 14.3 Å². The minimum atomic E-state index is -0.327. The van der Waals surface area contributed by atoms with E-state index < -0.39 is 0 Å². The summed E-state index contributed by atoms with van der Waals surface area (Å²) in [5.74, 6) is 0.863. The fourth-order valence-corrected chi connectivity index (χ4v) is 2.76. The zero-order valence-corrected chi connectivity index (χ0v) is 16.9. The second-order valence-corrected chi connectivity index (χ2v) is 6.77. The van der Waals surface area contributed by atoms with E-state index in [1.807, 2.05) is 27.7 Å². The number of hydrogen-bond donors (Lipinski definition) is 0. The van der Waals surface area contributed by atoms with Crippen LogP contribution in [0.4, 0.5) is 0 Å². The average Bonchev–Trinajstić information content (AvgIpc) is 2.60. The molecule has 0 spiro atoms. The lowest BCUT2D eigenvalue weighted by atomic mass is 9.98. The van der Waals surface area contributed by atoms with Crippen LogP contribution in [0.3, 0.4) is 0 Å². The Hall–Kier alpha value is -2.19. The molecule has 1 aromatic rings. The van der Waals surface area contributed by atoms with Gasteiger partial charge < -0.3 is 14.4 Å². The van der Waals surface area contributed by atoms with Gasteiger partial charge in [-0.05, 0) is 51.0 Å². The summed E-state index contributed by atoms with van der Waals surface area (Å²) in [5.41, 5.74) is 0.411. The molecule has 0 bridgehead atoms. The minimum absolute atomic E-state index is 0.142. The number of carbonyl (C=O) groups is 1. The summed E-state index contributed by atoms with van der Waals surface area (Å²) in [4.78, 5) is 14.4. The van der Waals surface area contributed by atoms with E-state index in [1.54, 1.807) is 23.1 Å². The molecule has 0 aliphatic rings. The maximum absolute atomic E-state index is 12.7. The van der Waals surface area contributed by atoms with Gasteiger partial charge in [-0.1, -0.05) is 18.5 Å². The highest BCUT2D eigenvalue weighted by Crippen LogP contribution is 2.36. The summed E-state index contributed by atoms with van der Waals surface area (Å²) in [6.45, 7) is 8.76. The lowest BCUT2D eigenvalue weighted by Crippen LogP contribution is -2.47. The van der Waals surface area contributed by atoms with Gasteiger partial charge in [0.2, 0.25) is 5.91 Å². The largest absolute Gasteiger partial charge is 0.491 e. The molecule has 1 amide bonds. The Balaban J connectivity index is 3.10. The van der Waals surface area contributed by atoms with Gasteiger partial charge in [-0.15, -0.1) is 0 Å². The number of nitriles is 1. The van der Waals surface area contributed by atoms with Gasteiger partial charge in [0.05, 0.1) is 31.2 Å². The van der Waals surface area contributed by atoms with Gasteiger partial charge >= 0.3 is 0 Å². The molecule has 0 fully saturated rings. The highest BCUT2D eigenvalue weighted by Gasteiger charge is 2.27. The molecule has 0 saturated heterocycles. The van der Waals surface area contributed by atoms with Crippen LogP contribution < -0.4 is 9.47 Å². The van der Waals surface area contributed by atoms with Crippen LogP contribution in [-0.2, 0) is 4.79 Å². The molecule has 5 nitrogen and oxygen atoms in total. The molecular formula is C20H27ClN2O3. The Bertz CT molecular complexity index is 693. The smallest absolute Gasteiger partial charge is 0.247 e.